The van der Waals surface area contributed by atoms with Crippen molar-refractivity contribution in [2.45, 2.75) is 58.3 Å². The molecule has 0 spiro atoms. The van der Waals surface area contributed by atoms with Gasteiger partial charge in [-0.3, -0.25) is 0 Å². The minimum absolute atomic E-state index is 0.755. The molecule has 0 saturated heterocycles. The zero-order valence-corrected chi connectivity index (χ0v) is 11.0. The van der Waals surface area contributed by atoms with Crippen LogP contribution in [0.5, 0.6) is 0 Å². The molecule has 0 atom stereocenters. The van der Waals surface area contributed by atoms with Gasteiger partial charge in [0.05, 0.1) is 0 Å². The normalized spacial score (nSPS) is 10.6. The molecule has 0 fully saturated rings. The summed E-state index contributed by atoms with van der Waals surface area (Å²) in [6, 6.07) is 5.85. The van der Waals surface area contributed by atoms with E-state index in [2.05, 4.69) is 13.0 Å². The Bertz CT molecular complexity index is 321. The van der Waals surface area contributed by atoms with Crippen molar-refractivity contribution in [3.8, 4) is 0 Å². The summed E-state index contributed by atoms with van der Waals surface area (Å²) < 4.78 is 0. The van der Waals surface area contributed by atoms with Crippen molar-refractivity contribution in [2.75, 3.05) is 11.5 Å². The van der Waals surface area contributed by atoms with Crippen LogP contribution in [-0.4, -0.2) is 0 Å². The zero-order chi connectivity index (χ0) is 12.5. The number of hydrogen-bond acceptors (Lipinski definition) is 2. The van der Waals surface area contributed by atoms with E-state index < -0.39 is 0 Å². The summed E-state index contributed by atoms with van der Waals surface area (Å²) in [7, 11) is 0. The number of benzene rings is 1. The Morgan fingerprint density at radius 3 is 2.18 bits per heavy atom. The van der Waals surface area contributed by atoms with Gasteiger partial charge in [0.25, 0.3) is 0 Å². The lowest BCUT2D eigenvalue weighted by Gasteiger charge is -2.06. The Balaban J connectivity index is 2.14. The molecule has 1 aromatic rings. The van der Waals surface area contributed by atoms with Gasteiger partial charge < -0.3 is 11.5 Å². The van der Waals surface area contributed by atoms with Crippen LogP contribution < -0.4 is 11.5 Å². The van der Waals surface area contributed by atoms with E-state index in [1.165, 1.54) is 50.5 Å². The van der Waals surface area contributed by atoms with E-state index in [0.29, 0.717) is 0 Å². The molecule has 0 aliphatic carbocycles. The van der Waals surface area contributed by atoms with E-state index in [4.69, 9.17) is 11.5 Å². The Kier molecular flexibility index (Phi) is 6.53. The van der Waals surface area contributed by atoms with Crippen LogP contribution in [0.15, 0.2) is 18.2 Å². The maximum Gasteiger partial charge on any atom is 0.0367 e. The van der Waals surface area contributed by atoms with Gasteiger partial charge in [0.15, 0.2) is 0 Å². The third-order valence-corrected chi connectivity index (χ3v) is 3.22. The first-order valence-electron chi connectivity index (χ1n) is 6.88. The van der Waals surface area contributed by atoms with Crippen molar-refractivity contribution in [1.29, 1.82) is 0 Å². The van der Waals surface area contributed by atoms with Gasteiger partial charge in [-0.1, -0.05) is 51.5 Å². The van der Waals surface area contributed by atoms with Gasteiger partial charge in [-0.15, -0.1) is 0 Å². The summed E-state index contributed by atoms with van der Waals surface area (Å²) in [5.41, 5.74) is 14.4. The van der Waals surface area contributed by atoms with Crippen LogP contribution in [0, 0.1) is 0 Å². The Morgan fingerprint density at radius 1 is 0.882 bits per heavy atom. The van der Waals surface area contributed by atoms with Crippen LogP contribution in [0.2, 0.25) is 0 Å². The van der Waals surface area contributed by atoms with E-state index in [0.717, 1.165) is 17.8 Å². The Hall–Kier alpha value is -1.18. The van der Waals surface area contributed by atoms with E-state index in [1.807, 2.05) is 12.1 Å². The average molecular weight is 234 g/mol. The molecule has 1 aromatic carbocycles. The van der Waals surface area contributed by atoms with Crippen LogP contribution in [-0.2, 0) is 6.42 Å². The van der Waals surface area contributed by atoms with Crippen molar-refractivity contribution >= 4 is 11.4 Å². The molecule has 0 aliphatic heterocycles. The lowest BCUT2D eigenvalue weighted by Crippen LogP contribution is -1.96. The molecule has 0 bridgehead atoms. The highest BCUT2D eigenvalue weighted by Gasteiger charge is 1.99. The van der Waals surface area contributed by atoms with Gasteiger partial charge in [0.1, 0.15) is 0 Å². The number of hydrogen-bond donors (Lipinski definition) is 2. The fourth-order valence-corrected chi connectivity index (χ4v) is 2.11. The monoisotopic (exact) mass is 234 g/mol. The summed E-state index contributed by atoms with van der Waals surface area (Å²) in [5, 5.41) is 0. The molecule has 17 heavy (non-hydrogen) atoms. The minimum Gasteiger partial charge on any atom is -0.399 e. The number of unbranched alkanes of at least 4 members (excludes halogenated alkanes) is 6. The molecule has 96 valence electrons. The van der Waals surface area contributed by atoms with Gasteiger partial charge in [0.2, 0.25) is 0 Å². The standard InChI is InChI=1S/C15H26N2/c1-2-3-4-5-6-7-8-9-13-10-11-14(16)12-15(13)17/h10-12H,2-9,16-17H2,1H3. The van der Waals surface area contributed by atoms with Crippen molar-refractivity contribution in [3.63, 3.8) is 0 Å². The van der Waals surface area contributed by atoms with Gasteiger partial charge in [-0.25, -0.2) is 0 Å². The van der Waals surface area contributed by atoms with Crippen molar-refractivity contribution in [1.82, 2.24) is 0 Å². The largest absolute Gasteiger partial charge is 0.399 e. The molecule has 2 heteroatoms. The summed E-state index contributed by atoms with van der Waals surface area (Å²) in [4.78, 5) is 0. The molecule has 0 saturated carbocycles. The van der Waals surface area contributed by atoms with Crippen LogP contribution in [0.3, 0.4) is 0 Å². The molecule has 0 aromatic heterocycles. The predicted molar refractivity (Wildman–Crippen MR) is 77.0 cm³/mol. The second-order valence-electron chi connectivity index (χ2n) is 4.83. The number of anilines is 2. The van der Waals surface area contributed by atoms with Crippen LogP contribution in [0.4, 0.5) is 11.4 Å². The summed E-state index contributed by atoms with van der Waals surface area (Å²) in [6.45, 7) is 2.25. The second kappa shape index (κ2) is 7.99. The summed E-state index contributed by atoms with van der Waals surface area (Å²) in [5.74, 6) is 0. The minimum atomic E-state index is 0.755. The molecule has 0 heterocycles. The topological polar surface area (TPSA) is 52.0 Å². The highest BCUT2D eigenvalue weighted by molar-refractivity contribution is 5.56. The molecule has 1 rings (SSSR count). The van der Waals surface area contributed by atoms with Gasteiger partial charge in [-0.05, 0) is 30.5 Å². The average Bonchev–Trinajstić information content (AvgIpc) is 2.30. The molecule has 0 aliphatic rings. The third-order valence-electron chi connectivity index (χ3n) is 3.22. The first-order chi connectivity index (χ1) is 8.24. The quantitative estimate of drug-likeness (QED) is 0.524. The van der Waals surface area contributed by atoms with Crippen LogP contribution in [0.25, 0.3) is 0 Å². The Morgan fingerprint density at radius 2 is 1.53 bits per heavy atom. The van der Waals surface area contributed by atoms with Gasteiger partial charge in [-0.2, -0.15) is 0 Å². The number of nitrogen functional groups attached to an aromatic ring is 2. The third kappa shape index (κ3) is 5.62. The molecular weight excluding hydrogens is 208 g/mol. The summed E-state index contributed by atoms with van der Waals surface area (Å²) in [6.07, 6.45) is 10.5. The van der Waals surface area contributed by atoms with Crippen molar-refractivity contribution in [2.24, 2.45) is 0 Å². The number of rotatable bonds is 8. The first-order valence-corrected chi connectivity index (χ1v) is 6.88. The maximum absolute atomic E-state index is 5.92. The SMILES string of the molecule is CCCCCCCCCc1ccc(N)cc1N. The van der Waals surface area contributed by atoms with Crippen LogP contribution in [0.1, 0.15) is 57.4 Å². The predicted octanol–water partition coefficient (Wildman–Crippen LogP) is 4.14. The zero-order valence-electron chi connectivity index (χ0n) is 11.0. The first kappa shape index (κ1) is 13.9. The molecule has 4 N–H and O–H groups in total. The second-order valence-corrected chi connectivity index (χ2v) is 4.83. The molecule has 0 unspecified atom stereocenters. The van der Waals surface area contributed by atoms with E-state index >= 15 is 0 Å². The van der Waals surface area contributed by atoms with Crippen LogP contribution >= 0.6 is 0 Å². The van der Waals surface area contributed by atoms with E-state index in [1.54, 1.807) is 0 Å². The smallest absolute Gasteiger partial charge is 0.0367 e. The highest BCUT2D eigenvalue weighted by atomic mass is 14.6. The lowest BCUT2D eigenvalue weighted by atomic mass is 10.0. The number of aryl methyl sites for hydroxylation is 1. The van der Waals surface area contributed by atoms with E-state index in [9.17, 15) is 0 Å². The van der Waals surface area contributed by atoms with E-state index in [-0.39, 0.29) is 0 Å². The summed E-state index contributed by atoms with van der Waals surface area (Å²) >= 11 is 0. The Labute approximate surface area is 105 Å². The lowest BCUT2D eigenvalue weighted by molar-refractivity contribution is 0.589. The van der Waals surface area contributed by atoms with Gasteiger partial charge >= 0.3 is 0 Å². The molecule has 0 radical (unpaired) electrons. The highest BCUT2D eigenvalue weighted by Crippen LogP contribution is 2.18. The maximum atomic E-state index is 5.92. The molecule has 2 nitrogen and oxygen atoms in total. The van der Waals surface area contributed by atoms with Crippen molar-refractivity contribution in [3.05, 3.63) is 23.8 Å². The van der Waals surface area contributed by atoms with Crippen molar-refractivity contribution < 1.29 is 0 Å². The number of nitrogens with two attached hydrogens (primary N) is 2. The fourth-order valence-electron chi connectivity index (χ4n) is 2.11. The molecular formula is C15H26N2. The molecule has 0 amide bonds. The van der Waals surface area contributed by atoms with Gasteiger partial charge in [0, 0.05) is 11.4 Å². The fraction of sp³-hybridized carbons (Fsp3) is 0.600.